The summed E-state index contributed by atoms with van der Waals surface area (Å²) in [4.78, 5) is 26.3. The summed E-state index contributed by atoms with van der Waals surface area (Å²) in [6.07, 6.45) is 0.549. The molecular formula is C27H27ClFN3O4. The topological polar surface area (TPSA) is 90.9 Å². The number of carbonyl (C=O) groups excluding carboxylic acids is 1. The van der Waals surface area contributed by atoms with Crippen molar-refractivity contribution in [1.29, 1.82) is 0 Å². The molecule has 2 unspecified atom stereocenters. The number of carboxylic acid groups (broad SMARTS) is 1. The van der Waals surface area contributed by atoms with Crippen LogP contribution in [0.5, 0.6) is 0 Å². The van der Waals surface area contributed by atoms with E-state index in [9.17, 15) is 19.1 Å². The minimum Gasteiger partial charge on any atom is -0.481 e. The van der Waals surface area contributed by atoms with Gasteiger partial charge in [0.2, 0.25) is 0 Å². The van der Waals surface area contributed by atoms with Gasteiger partial charge in [0, 0.05) is 25.2 Å². The van der Waals surface area contributed by atoms with Gasteiger partial charge in [-0.1, -0.05) is 41.9 Å². The Labute approximate surface area is 213 Å². The van der Waals surface area contributed by atoms with Gasteiger partial charge in [0.1, 0.15) is 5.82 Å². The maximum absolute atomic E-state index is 14.1. The first-order chi connectivity index (χ1) is 17.4. The number of ether oxygens (including phenoxy) is 1. The number of methoxy groups -OCH3 is 1. The fraction of sp³-hybridized carbons (Fsp3) is 0.259. The van der Waals surface area contributed by atoms with E-state index in [1.807, 2.05) is 36.4 Å². The van der Waals surface area contributed by atoms with Gasteiger partial charge in [0.25, 0.3) is 0 Å². The average molecular weight is 512 g/mol. The number of hydrogen-bond acceptors (Lipinski definition) is 4. The third-order valence-corrected chi connectivity index (χ3v) is 6.37. The molecule has 0 aromatic heterocycles. The zero-order valence-corrected chi connectivity index (χ0v) is 20.5. The highest BCUT2D eigenvalue weighted by Crippen LogP contribution is 2.49. The predicted molar refractivity (Wildman–Crippen MR) is 138 cm³/mol. The van der Waals surface area contributed by atoms with Crippen molar-refractivity contribution in [2.45, 2.75) is 18.9 Å². The van der Waals surface area contributed by atoms with Crippen LogP contribution in [-0.4, -0.2) is 37.4 Å². The van der Waals surface area contributed by atoms with Crippen molar-refractivity contribution in [3.63, 3.8) is 0 Å². The molecule has 3 aromatic rings. The zero-order valence-electron chi connectivity index (χ0n) is 19.7. The van der Waals surface area contributed by atoms with E-state index in [1.165, 1.54) is 12.1 Å². The zero-order chi connectivity index (χ0) is 25.7. The van der Waals surface area contributed by atoms with Crippen molar-refractivity contribution in [3.05, 3.63) is 88.7 Å². The van der Waals surface area contributed by atoms with Gasteiger partial charge in [-0.25, -0.2) is 9.18 Å². The van der Waals surface area contributed by atoms with E-state index in [4.69, 9.17) is 16.3 Å². The number of para-hydroxylation sites is 1. The first kappa shape index (κ1) is 25.5. The highest BCUT2D eigenvalue weighted by molar-refractivity contribution is 6.30. The summed E-state index contributed by atoms with van der Waals surface area (Å²) in [7, 11) is 1.61. The molecule has 36 heavy (non-hydrogen) atoms. The third kappa shape index (κ3) is 6.33. The van der Waals surface area contributed by atoms with E-state index in [1.54, 1.807) is 25.3 Å². The molecule has 7 nitrogen and oxygen atoms in total. The fourth-order valence-corrected chi connectivity index (χ4v) is 4.26. The van der Waals surface area contributed by atoms with Crippen LogP contribution in [-0.2, 0) is 16.1 Å². The number of carboxylic acids is 1. The molecule has 1 aliphatic rings. The molecular weight excluding hydrogens is 485 g/mol. The van der Waals surface area contributed by atoms with Gasteiger partial charge in [0.15, 0.2) is 0 Å². The second-order valence-corrected chi connectivity index (χ2v) is 9.10. The van der Waals surface area contributed by atoms with Gasteiger partial charge in [-0.2, -0.15) is 0 Å². The average Bonchev–Trinajstić information content (AvgIpc) is 3.66. The molecule has 2 atom stereocenters. The van der Waals surface area contributed by atoms with Crippen LogP contribution in [0.3, 0.4) is 0 Å². The summed E-state index contributed by atoms with van der Waals surface area (Å²) in [6, 6.07) is 18.3. The number of amides is 2. The molecule has 0 aliphatic heterocycles. The Morgan fingerprint density at radius 1 is 1.08 bits per heavy atom. The van der Waals surface area contributed by atoms with Gasteiger partial charge in [-0.05, 0) is 59.9 Å². The number of benzene rings is 3. The maximum Gasteiger partial charge on any atom is 0.323 e. The molecule has 1 aliphatic carbocycles. The second-order valence-electron chi connectivity index (χ2n) is 8.66. The summed E-state index contributed by atoms with van der Waals surface area (Å²) < 4.78 is 19.4. The van der Waals surface area contributed by atoms with Crippen LogP contribution >= 0.6 is 11.6 Å². The molecule has 3 N–H and O–H groups in total. The Balaban J connectivity index is 1.64. The Bertz CT molecular complexity index is 1240. The van der Waals surface area contributed by atoms with Crippen LogP contribution in [0.2, 0.25) is 5.02 Å². The van der Waals surface area contributed by atoms with Crippen LogP contribution < -0.4 is 15.5 Å². The van der Waals surface area contributed by atoms with Gasteiger partial charge in [-0.3, -0.25) is 4.79 Å². The quantitative estimate of drug-likeness (QED) is 0.312. The van der Waals surface area contributed by atoms with Gasteiger partial charge < -0.3 is 25.4 Å². The Morgan fingerprint density at radius 3 is 2.47 bits per heavy atom. The lowest BCUT2D eigenvalue weighted by Gasteiger charge is -2.28. The van der Waals surface area contributed by atoms with Gasteiger partial charge >= 0.3 is 12.0 Å². The molecule has 1 fully saturated rings. The van der Waals surface area contributed by atoms with Gasteiger partial charge in [-0.15, -0.1) is 0 Å². The standard InChI is InChI=1S/C27H27ClFN3O4/c1-36-13-12-32(16-17-6-9-19(28)10-7-17)25-11-8-18(20-15-21(20)26(33)34)14-24(25)31-27(35)30-23-5-3-2-4-22(23)29/h2-11,14,20-21H,12-13,15-16H2,1H3,(H,33,34)(H2,30,31,35). The molecule has 4 rings (SSSR count). The van der Waals surface area contributed by atoms with Crippen LogP contribution in [0.15, 0.2) is 66.7 Å². The van der Waals surface area contributed by atoms with Crippen LogP contribution in [0.4, 0.5) is 26.2 Å². The Kier molecular flexibility index (Phi) is 8.07. The first-order valence-corrected chi connectivity index (χ1v) is 11.9. The fourth-order valence-electron chi connectivity index (χ4n) is 4.13. The largest absolute Gasteiger partial charge is 0.481 e. The number of aliphatic carboxylic acids is 1. The summed E-state index contributed by atoms with van der Waals surface area (Å²) in [5.74, 6) is -1.93. The highest BCUT2D eigenvalue weighted by Gasteiger charge is 2.44. The number of urea groups is 1. The van der Waals surface area contributed by atoms with Crippen LogP contribution in [0.1, 0.15) is 23.5 Å². The Hall–Kier alpha value is -3.62. The molecule has 188 valence electrons. The maximum atomic E-state index is 14.1. The second kappa shape index (κ2) is 11.4. The third-order valence-electron chi connectivity index (χ3n) is 6.12. The number of nitrogens with one attached hydrogen (secondary N) is 2. The smallest absolute Gasteiger partial charge is 0.323 e. The van der Waals surface area contributed by atoms with Gasteiger partial charge in [0.05, 0.1) is 29.6 Å². The van der Waals surface area contributed by atoms with Crippen molar-refractivity contribution < 1.29 is 23.8 Å². The SMILES string of the molecule is COCCN(Cc1ccc(Cl)cc1)c1ccc(C2CC2C(=O)O)cc1NC(=O)Nc1ccccc1F. The predicted octanol–water partition coefficient (Wildman–Crippen LogP) is 5.96. The van der Waals surface area contributed by atoms with E-state index in [-0.39, 0.29) is 11.6 Å². The number of hydrogen-bond donors (Lipinski definition) is 3. The number of carbonyl (C=O) groups is 2. The molecule has 1 saturated carbocycles. The molecule has 9 heteroatoms. The number of anilines is 3. The van der Waals surface area contributed by atoms with Crippen molar-refractivity contribution in [2.24, 2.45) is 5.92 Å². The van der Waals surface area contributed by atoms with Crippen molar-refractivity contribution in [1.82, 2.24) is 0 Å². The normalized spacial score (nSPS) is 16.3. The lowest BCUT2D eigenvalue weighted by atomic mass is 10.1. The Morgan fingerprint density at radius 2 is 1.81 bits per heavy atom. The minimum absolute atomic E-state index is 0.0539. The molecule has 0 spiro atoms. The van der Waals surface area contributed by atoms with Crippen LogP contribution in [0, 0.1) is 11.7 Å². The molecule has 3 aromatic carbocycles. The lowest BCUT2D eigenvalue weighted by Crippen LogP contribution is -2.29. The van der Waals surface area contributed by atoms with Crippen molar-refractivity contribution >= 4 is 40.7 Å². The molecule has 0 bridgehead atoms. The van der Waals surface area contributed by atoms with Crippen molar-refractivity contribution in [2.75, 3.05) is 35.8 Å². The minimum atomic E-state index is -0.833. The first-order valence-electron chi connectivity index (χ1n) is 11.5. The molecule has 0 radical (unpaired) electrons. The summed E-state index contributed by atoms with van der Waals surface area (Å²) in [6.45, 7) is 1.49. The highest BCUT2D eigenvalue weighted by atomic mass is 35.5. The van der Waals surface area contributed by atoms with E-state index in [2.05, 4.69) is 15.5 Å². The summed E-state index contributed by atoms with van der Waals surface area (Å²) in [5.41, 5.74) is 3.10. The van der Waals surface area contributed by atoms with E-state index in [0.717, 1.165) is 16.8 Å². The number of halogens is 2. The summed E-state index contributed by atoms with van der Waals surface area (Å²) >= 11 is 6.04. The van der Waals surface area contributed by atoms with Crippen molar-refractivity contribution in [3.8, 4) is 0 Å². The molecule has 2 amide bonds. The van der Waals surface area contributed by atoms with E-state index in [0.29, 0.717) is 36.8 Å². The van der Waals surface area contributed by atoms with Crippen LogP contribution in [0.25, 0.3) is 0 Å². The molecule has 0 saturated heterocycles. The number of rotatable bonds is 10. The number of nitrogens with zero attached hydrogens (tertiary/aromatic N) is 1. The molecule has 0 heterocycles. The van der Waals surface area contributed by atoms with E-state index >= 15 is 0 Å². The summed E-state index contributed by atoms with van der Waals surface area (Å²) in [5, 5.41) is 15.4. The van der Waals surface area contributed by atoms with E-state index < -0.39 is 23.7 Å². The monoisotopic (exact) mass is 511 g/mol. The lowest BCUT2D eigenvalue weighted by molar-refractivity contribution is -0.138.